The summed E-state index contributed by atoms with van der Waals surface area (Å²) in [6.07, 6.45) is 3.95. The Balaban J connectivity index is 2.26. The Morgan fingerprint density at radius 3 is 2.45 bits per heavy atom. The molecule has 1 aromatic rings. The lowest BCUT2D eigenvalue weighted by Crippen LogP contribution is -2.31. The highest BCUT2D eigenvalue weighted by atomic mass is 16.6. The van der Waals surface area contributed by atoms with Gasteiger partial charge in [-0.1, -0.05) is 24.3 Å². The summed E-state index contributed by atoms with van der Waals surface area (Å²) < 4.78 is 10.3. The predicted octanol–water partition coefficient (Wildman–Crippen LogP) is 2.64. The normalized spacial score (nSPS) is 11.6. The molecule has 110 valence electrons. The number of methoxy groups -OCH3 is 1. The zero-order chi connectivity index (χ0) is 15.0. The molecule has 0 radical (unpaired) electrons. The van der Waals surface area contributed by atoms with Gasteiger partial charge < -0.3 is 14.8 Å². The van der Waals surface area contributed by atoms with Crippen molar-refractivity contribution in [2.75, 3.05) is 20.2 Å². The van der Waals surface area contributed by atoms with Crippen LogP contribution in [0.25, 0.3) is 6.08 Å². The summed E-state index contributed by atoms with van der Waals surface area (Å²) in [5.74, 6) is 0.598. The molecular weight excluding hydrogens is 254 g/mol. The molecule has 0 aliphatic rings. The standard InChI is InChI=1S/C16H23NO3/c1-16(2,3)20-15(18)12-17-11-5-6-13-7-9-14(19-4)10-8-13/h5-10,17H,11-12H2,1-4H3/b6-5+. The summed E-state index contributed by atoms with van der Waals surface area (Å²) in [6.45, 7) is 6.40. The maximum Gasteiger partial charge on any atom is 0.320 e. The van der Waals surface area contributed by atoms with E-state index < -0.39 is 5.60 Å². The van der Waals surface area contributed by atoms with Crippen LogP contribution in [0.3, 0.4) is 0 Å². The molecule has 0 aromatic heterocycles. The van der Waals surface area contributed by atoms with Crippen LogP contribution in [0.2, 0.25) is 0 Å². The van der Waals surface area contributed by atoms with Crippen LogP contribution in [0.4, 0.5) is 0 Å². The molecule has 4 heteroatoms. The maximum atomic E-state index is 11.4. The molecule has 4 nitrogen and oxygen atoms in total. The Hall–Kier alpha value is -1.81. The highest BCUT2D eigenvalue weighted by molar-refractivity contribution is 5.72. The van der Waals surface area contributed by atoms with Gasteiger partial charge in [-0.3, -0.25) is 4.79 Å². The highest BCUT2D eigenvalue weighted by Crippen LogP contribution is 2.12. The predicted molar refractivity (Wildman–Crippen MR) is 80.7 cm³/mol. The van der Waals surface area contributed by atoms with Gasteiger partial charge in [-0.25, -0.2) is 0 Å². The van der Waals surface area contributed by atoms with Gasteiger partial charge in [0, 0.05) is 6.54 Å². The first-order valence-corrected chi connectivity index (χ1v) is 6.64. The van der Waals surface area contributed by atoms with E-state index in [0.717, 1.165) is 11.3 Å². The van der Waals surface area contributed by atoms with Gasteiger partial charge in [0.25, 0.3) is 0 Å². The monoisotopic (exact) mass is 277 g/mol. The Kier molecular flexibility index (Phi) is 6.25. The van der Waals surface area contributed by atoms with Crippen LogP contribution in [-0.4, -0.2) is 31.8 Å². The number of ether oxygens (including phenoxy) is 2. The van der Waals surface area contributed by atoms with Crippen LogP contribution < -0.4 is 10.1 Å². The van der Waals surface area contributed by atoms with Gasteiger partial charge in [0.05, 0.1) is 13.7 Å². The van der Waals surface area contributed by atoms with E-state index in [1.54, 1.807) is 7.11 Å². The van der Waals surface area contributed by atoms with Crippen molar-refractivity contribution in [1.29, 1.82) is 0 Å². The van der Waals surface area contributed by atoms with Crippen molar-refractivity contribution >= 4 is 12.0 Å². The molecule has 20 heavy (non-hydrogen) atoms. The van der Waals surface area contributed by atoms with Gasteiger partial charge in [0.2, 0.25) is 0 Å². The third-order valence-corrected chi connectivity index (χ3v) is 2.38. The van der Waals surface area contributed by atoms with Crippen LogP contribution in [0.5, 0.6) is 5.75 Å². The molecule has 0 atom stereocenters. The molecule has 0 aliphatic carbocycles. The number of carbonyl (C=O) groups is 1. The lowest BCUT2D eigenvalue weighted by atomic mass is 10.2. The van der Waals surface area contributed by atoms with E-state index in [2.05, 4.69) is 5.32 Å². The summed E-state index contributed by atoms with van der Waals surface area (Å²) in [5.41, 5.74) is 0.655. The lowest BCUT2D eigenvalue weighted by Gasteiger charge is -2.19. The molecule has 0 aliphatic heterocycles. The summed E-state index contributed by atoms with van der Waals surface area (Å²) in [4.78, 5) is 11.4. The van der Waals surface area contributed by atoms with E-state index in [1.165, 1.54) is 0 Å². The molecule has 0 saturated carbocycles. The fraction of sp³-hybridized carbons (Fsp3) is 0.438. The smallest absolute Gasteiger partial charge is 0.320 e. The summed E-state index contributed by atoms with van der Waals surface area (Å²) in [5, 5.41) is 3.01. The molecule has 0 amide bonds. The molecule has 0 fully saturated rings. The van der Waals surface area contributed by atoms with Crippen molar-refractivity contribution < 1.29 is 14.3 Å². The molecule has 0 bridgehead atoms. The average Bonchev–Trinajstić information content (AvgIpc) is 2.37. The topological polar surface area (TPSA) is 47.6 Å². The molecule has 1 N–H and O–H groups in total. The minimum atomic E-state index is -0.433. The quantitative estimate of drug-likeness (QED) is 0.641. The van der Waals surface area contributed by atoms with Crippen LogP contribution in [0, 0.1) is 0 Å². The highest BCUT2D eigenvalue weighted by Gasteiger charge is 2.15. The zero-order valence-electron chi connectivity index (χ0n) is 12.6. The van der Waals surface area contributed by atoms with Crippen molar-refractivity contribution in [3.05, 3.63) is 35.9 Å². The second kappa shape index (κ2) is 7.70. The molecular formula is C16H23NO3. The minimum absolute atomic E-state index is 0.213. The first-order valence-electron chi connectivity index (χ1n) is 6.64. The number of esters is 1. The largest absolute Gasteiger partial charge is 0.497 e. The molecule has 0 saturated heterocycles. The average molecular weight is 277 g/mol. The maximum absolute atomic E-state index is 11.4. The number of hydrogen-bond donors (Lipinski definition) is 1. The molecule has 1 aromatic carbocycles. The van der Waals surface area contributed by atoms with Gasteiger partial charge in [-0.05, 0) is 38.5 Å². The number of carbonyl (C=O) groups excluding carboxylic acids is 1. The minimum Gasteiger partial charge on any atom is -0.497 e. The van der Waals surface area contributed by atoms with E-state index in [0.29, 0.717) is 6.54 Å². The van der Waals surface area contributed by atoms with Gasteiger partial charge >= 0.3 is 5.97 Å². The fourth-order valence-electron chi connectivity index (χ4n) is 1.55. The zero-order valence-corrected chi connectivity index (χ0v) is 12.6. The number of hydrogen-bond acceptors (Lipinski definition) is 4. The van der Waals surface area contributed by atoms with Crippen LogP contribution in [-0.2, 0) is 9.53 Å². The Bertz CT molecular complexity index is 444. The van der Waals surface area contributed by atoms with Crippen LogP contribution >= 0.6 is 0 Å². The third-order valence-electron chi connectivity index (χ3n) is 2.38. The molecule has 0 heterocycles. The second-order valence-corrected chi connectivity index (χ2v) is 5.39. The number of benzene rings is 1. The van der Waals surface area contributed by atoms with Crippen molar-refractivity contribution in [2.45, 2.75) is 26.4 Å². The Morgan fingerprint density at radius 2 is 1.90 bits per heavy atom. The summed E-state index contributed by atoms with van der Waals surface area (Å²) in [6, 6.07) is 7.77. The number of rotatable bonds is 6. The number of nitrogens with one attached hydrogen (secondary N) is 1. The van der Waals surface area contributed by atoms with Crippen molar-refractivity contribution in [2.24, 2.45) is 0 Å². The fourth-order valence-corrected chi connectivity index (χ4v) is 1.55. The third kappa shape index (κ3) is 6.95. The van der Waals surface area contributed by atoms with E-state index in [-0.39, 0.29) is 12.5 Å². The van der Waals surface area contributed by atoms with Crippen molar-refractivity contribution in [1.82, 2.24) is 5.32 Å². The van der Waals surface area contributed by atoms with Crippen LogP contribution in [0.1, 0.15) is 26.3 Å². The van der Waals surface area contributed by atoms with E-state index in [9.17, 15) is 4.79 Å². The van der Waals surface area contributed by atoms with E-state index >= 15 is 0 Å². The van der Waals surface area contributed by atoms with Crippen molar-refractivity contribution in [3.8, 4) is 5.75 Å². The second-order valence-electron chi connectivity index (χ2n) is 5.39. The van der Waals surface area contributed by atoms with Crippen LogP contribution in [0.15, 0.2) is 30.3 Å². The van der Waals surface area contributed by atoms with Gasteiger partial charge in [-0.2, -0.15) is 0 Å². The lowest BCUT2D eigenvalue weighted by molar-refractivity contribution is -0.153. The summed E-state index contributed by atoms with van der Waals surface area (Å²) >= 11 is 0. The Morgan fingerprint density at radius 1 is 1.25 bits per heavy atom. The van der Waals surface area contributed by atoms with Gasteiger partial charge in [0.15, 0.2) is 0 Å². The molecule has 0 unspecified atom stereocenters. The first kappa shape index (κ1) is 16.2. The van der Waals surface area contributed by atoms with Gasteiger partial charge in [0.1, 0.15) is 11.4 Å². The van der Waals surface area contributed by atoms with Crippen molar-refractivity contribution in [3.63, 3.8) is 0 Å². The first-order chi connectivity index (χ1) is 9.40. The molecule has 1 rings (SSSR count). The summed E-state index contributed by atoms with van der Waals surface area (Å²) in [7, 11) is 1.64. The van der Waals surface area contributed by atoms with E-state index in [4.69, 9.17) is 9.47 Å². The van der Waals surface area contributed by atoms with E-state index in [1.807, 2.05) is 57.2 Å². The van der Waals surface area contributed by atoms with Gasteiger partial charge in [-0.15, -0.1) is 0 Å². The Labute approximate surface area is 120 Å². The SMILES string of the molecule is COc1ccc(/C=C/CNCC(=O)OC(C)(C)C)cc1. The molecule has 0 spiro atoms.